The summed E-state index contributed by atoms with van der Waals surface area (Å²) in [5, 5.41) is 9.02. The topological polar surface area (TPSA) is 60.2 Å². The maximum atomic E-state index is 11.8. The number of benzene rings is 3. The van der Waals surface area contributed by atoms with Gasteiger partial charge in [-0.1, -0.05) is 84.1 Å². The summed E-state index contributed by atoms with van der Waals surface area (Å²) >= 11 is 0. The molecule has 1 aromatic heterocycles. The minimum Gasteiger partial charge on any atom is -0.463 e. The van der Waals surface area contributed by atoms with Crippen LogP contribution in [-0.4, -0.2) is 39.0 Å². The zero-order valence-electron chi connectivity index (χ0n) is 20.2. The van der Waals surface area contributed by atoms with E-state index < -0.39 is 0 Å². The summed E-state index contributed by atoms with van der Waals surface area (Å²) in [6.07, 6.45) is 5.94. The number of hydrogen-bond donors (Lipinski definition) is 0. The van der Waals surface area contributed by atoms with Crippen LogP contribution >= 0.6 is 0 Å². The summed E-state index contributed by atoms with van der Waals surface area (Å²) in [7, 11) is 0. The van der Waals surface area contributed by atoms with Crippen LogP contribution in [0.3, 0.4) is 0 Å². The van der Waals surface area contributed by atoms with Crippen LogP contribution < -0.4 is 0 Å². The van der Waals surface area contributed by atoms with Gasteiger partial charge in [0.1, 0.15) is 11.7 Å². The number of nitrogens with zero attached hydrogens (tertiary/aromatic N) is 4. The van der Waals surface area contributed by atoms with E-state index >= 15 is 0 Å². The lowest BCUT2D eigenvalue weighted by Gasteiger charge is -2.32. The highest BCUT2D eigenvalue weighted by Gasteiger charge is 2.23. The maximum Gasteiger partial charge on any atom is 0.330 e. The van der Waals surface area contributed by atoms with Crippen molar-refractivity contribution in [1.29, 1.82) is 0 Å². The maximum absolute atomic E-state index is 11.8. The predicted molar refractivity (Wildman–Crippen MR) is 139 cm³/mol. The van der Waals surface area contributed by atoms with E-state index in [4.69, 9.17) is 4.74 Å². The van der Waals surface area contributed by atoms with Crippen molar-refractivity contribution in [2.24, 2.45) is 0 Å². The SMILES string of the molecule is CCOC(=O)/C=C/CCN(Cc1ccccc1)C(CCc1ccccc1)n1nnc2ccccc21. The van der Waals surface area contributed by atoms with Crippen LogP contribution in [0.4, 0.5) is 0 Å². The van der Waals surface area contributed by atoms with Crippen LogP contribution in [0.2, 0.25) is 0 Å². The smallest absolute Gasteiger partial charge is 0.330 e. The third-order valence-corrected chi connectivity index (χ3v) is 5.97. The normalized spacial score (nSPS) is 12.4. The van der Waals surface area contributed by atoms with Crippen LogP contribution in [0.25, 0.3) is 11.0 Å². The van der Waals surface area contributed by atoms with Crippen molar-refractivity contribution >= 4 is 17.0 Å². The van der Waals surface area contributed by atoms with E-state index in [0.717, 1.165) is 43.4 Å². The summed E-state index contributed by atoms with van der Waals surface area (Å²) in [6.45, 7) is 3.72. The van der Waals surface area contributed by atoms with Gasteiger partial charge in [-0.15, -0.1) is 5.10 Å². The zero-order chi connectivity index (χ0) is 24.3. The molecule has 0 saturated carbocycles. The number of carbonyl (C=O) groups is 1. The number of esters is 1. The number of ether oxygens (including phenoxy) is 1. The fourth-order valence-electron chi connectivity index (χ4n) is 4.27. The number of aromatic nitrogens is 3. The molecule has 1 atom stereocenters. The summed E-state index contributed by atoms with van der Waals surface area (Å²) < 4.78 is 7.08. The van der Waals surface area contributed by atoms with E-state index in [1.54, 1.807) is 0 Å². The molecule has 6 heteroatoms. The average Bonchev–Trinajstić information content (AvgIpc) is 3.32. The van der Waals surface area contributed by atoms with Crippen molar-refractivity contribution in [3.05, 3.63) is 108 Å². The van der Waals surface area contributed by atoms with E-state index in [1.165, 1.54) is 17.2 Å². The fourth-order valence-corrected chi connectivity index (χ4v) is 4.27. The molecule has 6 nitrogen and oxygen atoms in total. The van der Waals surface area contributed by atoms with E-state index in [9.17, 15) is 4.79 Å². The molecule has 0 N–H and O–H groups in total. The molecule has 180 valence electrons. The second kappa shape index (κ2) is 12.6. The van der Waals surface area contributed by atoms with Gasteiger partial charge < -0.3 is 4.74 Å². The molecule has 0 aliphatic rings. The second-order valence-corrected chi connectivity index (χ2v) is 8.43. The van der Waals surface area contributed by atoms with Gasteiger partial charge in [-0.05, 0) is 49.4 Å². The molecular formula is C29H32N4O2. The number of fused-ring (bicyclic) bond motifs is 1. The Morgan fingerprint density at radius 2 is 1.66 bits per heavy atom. The lowest BCUT2D eigenvalue weighted by Crippen LogP contribution is -2.34. The number of rotatable bonds is 12. The van der Waals surface area contributed by atoms with E-state index in [-0.39, 0.29) is 12.1 Å². The fraction of sp³-hybridized carbons (Fsp3) is 0.276. The Kier molecular flexibility index (Phi) is 8.79. The van der Waals surface area contributed by atoms with Gasteiger partial charge in [0.25, 0.3) is 0 Å². The summed E-state index contributed by atoms with van der Waals surface area (Å²) in [4.78, 5) is 14.2. The van der Waals surface area contributed by atoms with E-state index in [2.05, 4.69) is 74.5 Å². The van der Waals surface area contributed by atoms with Gasteiger partial charge in [0.2, 0.25) is 0 Å². The minimum absolute atomic E-state index is 0.00111. The molecule has 35 heavy (non-hydrogen) atoms. The van der Waals surface area contributed by atoms with Gasteiger partial charge in [-0.2, -0.15) is 0 Å². The monoisotopic (exact) mass is 468 g/mol. The molecule has 0 amide bonds. The van der Waals surface area contributed by atoms with Gasteiger partial charge >= 0.3 is 5.97 Å². The van der Waals surface area contributed by atoms with Gasteiger partial charge in [0.05, 0.1) is 12.1 Å². The van der Waals surface area contributed by atoms with Gasteiger partial charge in [0, 0.05) is 19.2 Å². The highest BCUT2D eigenvalue weighted by Crippen LogP contribution is 2.26. The van der Waals surface area contributed by atoms with Crippen molar-refractivity contribution in [1.82, 2.24) is 19.9 Å². The summed E-state index contributed by atoms with van der Waals surface area (Å²) in [5.74, 6) is -0.301. The Labute approximate surface area is 206 Å². The first kappa shape index (κ1) is 24.4. The lowest BCUT2D eigenvalue weighted by atomic mass is 10.1. The molecule has 0 aliphatic heterocycles. The molecule has 1 heterocycles. The second-order valence-electron chi connectivity index (χ2n) is 8.43. The van der Waals surface area contributed by atoms with Crippen LogP contribution in [0, 0.1) is 0 Å². The van der Waals surface area contributed by atoms with Crippen molar-refractivity contribution in [3.8, 4) is 0 Å². The number of para-hydroxylation sites is 1. The first-order valence-corrected chi connectivity index (χ1v) is 12.2. The Hall–Kier alpha value is -3.77. The van der Waals surface area contributed by atoms with E-state index in [0.29, 0.717) is 6.61 Å². The van der Waals surface area contributed by atoms with Gasteiger partial charge in [0.15, 0.2) is 0 Å². The largest absolute Gasteiger partial charge is 0.463 e. The van der Waals surface area contributed by atoms with Crippen molar-refractivity contribution < 1.29 is 9.53 Å². The highest BCUT2D eigenvalue weighted by atomic mass is 16.5. The summed E-state index contributed by atoms with van der Waals surface area (Å²) in [5.41, 5.74) is 4.43. The number of aryl methyl sites for hydroxylation is 1. The molecule has 0 fully saturated rings. The molecule has 0 spiro atoms. The lowest BCUT2D eigenvalue weighted by molar-refractivity contribution is -0.137. The molecule has 1 unspecified atom stereocenters. The van der Waals surface area contributed by atoms with E-state index in [1.807, 2.05) is 43.3 Å². The minimum atomic E-state index is -0.301. The molecule has 0 bridgehead atoms. The Bertz CT molecular complexity index is 1220. The van der Waals surface area contributed by atoms with Crippen LogP contribution in [0.15, 0.2) is 97.1 Å². The summed E-state index contributed by atoms with van der Waals surface area (Å²) in [6, 6.07) is 29.1. The molecule has 0 saturated heterocycles. The van der Waals surface area contributed by atoms with Crippen molar-refractivity contribution in [2.45, 2.75) is 38.9 Å². The van der Waals surface area contributed by atoms with Crippen LogP contribution in [0.1, 0.15) is 37.1 Å². The average molecular weight is 469 g/mol. The Morgan fingerprint density at radius 3 is 2.40 bits per heavy atom. The van der Waals surface area contributed by atoms with Gasteiger partial charge in [-0.3, -0.25) is 4.90 Å². The predicted octanol–water partition coefficient (Wildman–Crippen LogP) is 5.57. The molecular weight excluding hydrogens is 436 g/mol. The zero-order valence-corrected chi connectivity index (χ0v) is 20.2. The molecule has 4 aromatic rings. The first-order valence-electron chi connectivity index (χ1n) is 12.2. The van der Waals surface area contributed by atoms with Crippen LogP contribution in [0.5, 0.6) is 0 Å². The quantitative estimate of drug-likeness (QED) is 0.201. The Morgan fingerprint density at radius 1 is 0.971 bits per heavy atom. The first-order chi connectivity index (χ1) is 17.2. The molecule has 4 rings (SSSR count). The van der Waals surface area contributed by atoms with Crippen LogP contribution in [-0.2, 0) is 22.5 Å². The third-order valence-electron chi connectivity index (χ3n) is 5.97. The number of hydrogen-bond acceptors (Lipinski definition) is 5. The Balaban J connectivity index is 1.62. The molecule has 0 aliphatic carbocycles. The number of carbonyl (C=O) groups excluding carboxylic acids is 1. The standard InChI is InChI=1S/C29H32N4O2/c1-2-35-29(34)19-11-12-22-32(23-25-15-7-4-8-16-25)28(21-20-24-13-5-3-6-14-24)33-27-18-10-9-17-26(27)30-31-33/h3-11,13-19,28H,2,12,20-23H2,1H3/b19-11+. The van der Waals surface area contributed by atoms with Crippen molar-refractivity contribution in [2.75, 3.05) is 13.2 Å². The molecule has 3 aromatic carbocycles. The third kappa shape index (κ3) is 6.87. The molecule has 0 radical (unpaired) electrons. The highest BCUT2D eigenvalue weighted by molar-refractivity contribution is 5.81. The van der Waals surface area contributed by atoms with Crippen molar-refractivity contribution in [3.63, 3.8) is 0 Å². The van der Waals surface area contributed by atoms with Gasteiger partial charge in [-0.25, -0.2) is 9.48 Å².